The van der Waals surface area contributed by atoms with Gasteiger partial charge in [-0.15, -0.1) is 11.3 Å². The Morgan fingerprint density at radius 3 is 2.85 bits per heavy atom. The lowest BCUT2D eigenvalue weighted by Crippen LogP contribution is -2.31. The van der Waals surface area contributed by atoms with Crippen molar-refractivity contribution in [2.24, 2.45) is 0 Å². The predicted molar refractivity (Wildman–Crippen MR) is 82.1 cm³/mol. The molecule has 1 aliphatic heterocycles. The second-order valence-electron chi connectivity index (χ2n) is 5.03. The maximum atomic E-state index is 12.2. The zero-order chi connectivity index (χ0) is 14.7. The van der Waals surface area contributed by atoms with Crippen molar-refractivity contribution in [2.45, 2.75) is 38.8 Å². The molecule has 0 spiro atoms. The first-order chi connectivity index (χ1) is 9.52. The van der Waals surface area contributed by atoms with Crippen molar-refractivity contribution in [1.29, 1.82) is 0 Å². The molecule has 1 N–H and O–H groups in total. The summed E-state index contributed by atoms with van der Waals surface area (Å²) in [6.45, 7) is 4.42. The third-order valence-electron chi connectivity index (χ3n) is 3.17. The topological polar surface area (TPSA) is 62.3 Å². The highest BCUT2D eigenvalue weighted by atomic mass is 32.2. The lowest BCUT2D eigenvalue weighted by Gasteiger charge is -2.10. The lowest BCUT2D eigenvalue weighted by molar-refractivity contribution is -0.127. The van der Waals surface area contributed by atoms with Crippen LogP contribution < -0.4 is 5.32 Å². The Bertz CT molecular complexity index is 502. The molecule has 1 fully saturated rings. The molecule has 0 unspecified atom stereocenters. The van der Waals surface area contributed by atoms with Gasteiger partial charge in [0.1, 0.15) is 11.0 Å². The number of carbonyl (C=O) groups is 2. The van der Waals surface area contributed by atoms with Gasteiger partial charge >= 0.3 is 6.03 Å². The highest BCUT2D eigenvalue weighted by Crippen LogP contribution is 2.21. The van der Waals surface area contributed by atoms with Crippen molar-refractivity contribution < 1.29 is 9.59 Å². The van der Waals surface area contributed by atoms with Gasteiger partial charge in [-0.2, -0.15) is 11.8 Å². The van der Waals surface area contributed by atoms with Gasteiger partial charge in [-0.25, -0.2) is 9.78 Å². The molecule has 2 rings (SSSR count). The molecule has 0 saturated carbocycles. The molecule has 1 aromatic heterocycles. The van der Waals surface area contributed by atoms with Crippen molar-refractivity contribution in [3.05, 3.63) is 16.1 Å². The summed E-state index contributed by atoms with van der Waals surface area (Å²) in [5, 5.41) is 5.54. The number of hydrogen-bond acceptors (Lipinski definition) is 5. The monoisotopic (exact) mass is 313 g/mol. The van der Waals surface area contributed by atoms with Crippen molar-refractivity contribution in [1.82, 2.24) is 15.2 Å². The molecular formula is C13H19N3O2S2. The summed E-state index contributed by atoms with van der Waals surface area (Å²) in [5.41, 5.74) is 1.01. The summed E-state index contributed by atoms with van der Waals surface area (Å²) in [4.78, 5) is 29.8. The van der Waals surface area contributed by atoms with Crippen LogP contribution in [0.3, 0.4) is 0 Å². The molecule has 0 aromatic carbocycles. The third kappa shape index (κ3) is 3.32. The van der Waals surface area contributed by atoms with Gasteiger partial charge in [0, 0.05) is 5.38 Å². The quantitative estimate of drug-likeness (QED) is 0.819. The summed E-state index contributed by atoms with van der Waals surface area (Å²) >= 11 is 3.17. The normalized spacial score (nSPS) is 19.0. The van der Waals surface area contributed by atoms with Crippen LogP contribution in [0.25, 0.3) is 0 Å². The minimum absolute atomic E-state index is 0.134. The molecule has 0 aliphatic carbocycles. The summed E-state index contributed by atoms with van der Waals surface area (Å²) < 4.78 is 0. The molecule has 110 valence electrons. The highest BCUT2D eigenvalue weighted by Gasteiger charge is 2.37. The molecule has 1 aromatic rings. The Balaban J connectivity index is 2.01. The van der Waals surface area contributed by atoms with Crippen LogP contribution in [0.5, 0.6) is 0 Å². The molecule has 1 saturated heterocycles. The number of thioether (sulfide) groups is 1. The largest absolute Gasteiger partial charge is 0.326 e. The first kappa shape index (κ1) is 15.3. The van der Waals surface area contributed by atoms with Gasteiger partial charge in [0.15, 0.2) is 0 Å². The van der Waals surface area contributed by atoms with Gasteiger partial charge < -0.3 is 5.32 Å². The molecule has 7 heteroatoms. The fourth-order valence-electron chi connectivity index (χ4n) is 1.96. The van der Waals surface area contributed by atoms with Crippen LogP contribution in [-0.2, 0) is 11.3 Å². The van der Waals surface area contributed by atoms with E-state index in [1.807, 2.05) is 11.6 Å². The van der Waals surface area contributed by atoms with Gasteiger partial charge in [-0.3, -0.25) is 9.69 Å². The van der Waals surface area contributed by atoms with Crippen LogP contribution in [0.1, 0.15) is 36.9 Å². The second-order valence-corrected chi connectivity index (χ2v) is 6.96. The van der Waals surface area contributed by atoms with E-state index < -0.39 is 0 Å². The van der Waals surface area contributed by atoms with Gasteiger partial charge in [-0.05, 0) is 24.3 Å². The molecule has 0 radical (unpaired) electrons. The van der Waals surface area contributed by atoms with E-state index in [2.05, 4.69) is 24.1 Å². The number of nitrogens with one attached hydrogen (secondary N) is 1. The Morgan fingerprint density at radius 2 is 2.25 bits per heavy atom. The Hall–Kier alpha value is -1.08. The number of thiazole rings is 1. The van der Waals surface area contributed by atoms with E-state index in [1.54, 1.807) is 11.8 Å². The average Bonchev–Trinajstić information content (AvgIpc) is 2.97. The van der Waals surface area contributed by atoms with E-state index in [1.165, 1.54) is 16.2 Å². The molecular weight excluding hydrogens is 294 g/mol. The van der Waals surface area contributed by atoms with E-state index in [0.29, 0.717) is 12.3 Å². The standard InChI is InChI=1S/C13H19N3O2S2/c1-8(2)10-7-20-11(14-10)6-16-12(17)9(4-5-19-3)15-13(16)18/h7-9H,4-6H2,1-3H3,(H,15,18)/t9-/m1/s1. The highest BCUT2D eigenvalue weighted by molar-refractivity contribution is 7.98. The number of aromatic nitrogens is 1. The van der Waals surface area contributed by atoms with Crippen LogP contribution in [-0.4, -0.2) is 39.9 Å². The fraction of sp³-hybridized carbons (Fsp3) is 0.615. The summed E-state index contributed by atoms with van der Waals surface area (Å²) in [6.07, 6.45) is 2.67. The maximum absolute atomic E-state index is 12.2. The molecule has 5 nitrogen and oxygen atoms in total. The molecule has 1 aliphatic rings. The van der Waals surface area contributed by atoms with Crippen molar-refractivity contribution in [3.63, 3.8) is 0 Å². The van der Waals surface area contributed by atoms with Crippen molar-refractivity contribution in [2.75, 3.05) is 12.0 Å². The van der Waals surface area contributed by atoms with E-state index in [0.717, 1.165) is 16.5 Å². The van der Waals surface area contributed by atoms with E-state index in [-0.39, 0.29) is 24.5 Å². The minimum Gasteiger partial charge on any atom is -0.326 e. The zero-order valence-electron chi connectivity index (χ0n) is 11.9. The molecule has 20 heavy (non-hydrogen) atoms. The van der Waals surface area contributed by atoms with Gasteiger partial charge in [0.2, 0.25) is 0 Å². The third-order valence-corrected chi connectivity index (χ3v) is 4.67. The number of carbonyl (C=O) groups excluding carboxylic acids is 2. The first-order valence-electron chi connectivity index (χ1n) is 6.58. The number of nitrogens with zero attached hydrogens (tertiary/aromatic N) is 2. The number of urea groups is 1. The van der Waals surface area contributed by atoms with Crippen LogP contribution in [0.2, 0.25) is 0 Å². The number of imide groups is 1. The summed E-state index contributed by atoms with van der Waals surface area (Å²) in [5.74, 6) is 1.09. The average molecular weight is 313 g/mol. The van der Waals surface area contributed by atoms with Crippen LogP contribution in [0.15, 0.2) is 5.38 Å². The fourth-order valence-corrected chi connectivity index (χ4v) is 3.37. The Kier molecular flexibility index (Phi) is 5.04. The lowest BCUT2D eigenvalue weighted by atomic mass is 10.2. The second kappa shape index (κ2) is 6.58. The molecule has 0 bridgehead atoms. The Morgan fingerprint density at radius 1 is 1.50 bits per heavy atom. The van der Waals surface area contributed by atoms with Crippen molar-refractivity contribution >= 4 is 35.0 Å². The van der Waals surface area contributed by atoms with Crippen LogP contribution in [0, 0.1) is 0 Å². The van der Waals surface area contributed by atoms with E-state index in [9.17, 15) is 9.59 Å². The van der Waals surface area contributed by atoms with Gasteiger partial charge in [0.05, 0.1) is 12.2 Å². The SMILES string of the molecule is CSCC[C@H]1NC(=O)N(Cc2nc(C(C)C)cs2)C1=O. The zero-order valence-corrected chi connectivity index (χ0v) is 13.5. The van der Waals surface area contributed by atoms with Crippen LogP contribution in [0.4, 0.5) is 4.79 Å². The van der Waals surface area contributed by atoms with Crippen molar-refractivity contribution in [3.8, 4) is 0 Å². The molecule has 2 heterocycles. The first-order valence-corrected chi connectivity index (χ1v) is 8.85. The number of amides is 3. The predicted octanol–water partition coefficient (Wildman–Crippen LogP) is 2.44. The van der Waals surface area contributed by atoms with Gasteiger partial charge in [0.25, 0.3) is 5.91 Å². The van der Waals surface area contributed by atoms with Gasteiger partial charge in [-0.1, -0.05) is 13.8 Å². The maximum Gasteiger partial charge on any atom is 0.325 e. The van der Waals surface area contributed by atoms with Crippen LogP contribution >= 0.6 is 23.1 Å². The number of rotatable bonds is 6. The Labute approximate surface area is 127 Å². The molecule has 3 amide bonds. The van der Waals surface area contributed by atoms with E-state index in [4.69, 9.17) is 0 Å². The number of hydrogen-bond donors (Lipinski definition) is 1. The summed E-state index contributed by atoms with van der Waals surface area (Å²) in [7, 11) is 0. The molecule has 1 atom stereocenters. The smallest absolute Gasteiger partial charge is 0.325 e. The summed E-state index contributed by atoms with van der Waals surface area (Å²) in [6, 6.07) is -0.679. The van der Waals surface area contributed by atoms with E-state index >= 15 is 0 Å². The minimum atomic E-state index is -0.375.